The second-order valence-corrected chi connectivity index (χ2v) is 10.8. The molecule has 0 saturated heterocycles. The Morgan fingerprint density at radius 3 is 2.33 bits per heavy atom. The third-order valence-electron chi connectivity index (χ3n) is 5.52. The van der Waals surface area contributed by atoms with Crippen LogP contribution in [-0.4, -0.2) is 61.6 Å². The van der Waals surface area contributed by atoms with Crippen molar-refractivity contribution in [2.24, 2.45) is 5.73 Å². The molecule has 0 radical (unpaired) electrons. The lowest BCUT2D eigenvalue weighted by Gasteiger charge is -2.25. The van der Waals surface area contributed by atoms with Crippen molar-refractivity contribution in [3.05, 3.63) is 45.8 Å². The van der Waals surface area contributed by atoms with Crippen LogP contribution in [0.5, 0.6) is 0 Å². The summed E-state index contributed by atoms with van der Waals surface area (Å²) in [6, 6.07) is 7.37. The van der Waals surface area contributed by atoms with Gasteiger partial charge in [-0.3, -0.25) is 19.8 Å². The van der Waals surface area contributed by atoms with E-state index in [0.717, 1.165) is 27.8 Å². The molecule has 0 aliphatic carbocycles. The number of nitriles is 2. The van der Waals surface area contributed by atoms with Crippen LogP contribution in [0.15, 0.2) is 29.2 Å². The maximum absolute atomic E-state index is 13.0. The van der Waals surface area contributed by atoms with E-state index in [0.29, 0.717) is 13.0 Å². The maximum Gasteiger partial charge on any atom is 0.319 e. The molecule has 2 heterocycles. The lowest BCUT2D eigenvalue weighted by atomic mass is 10.0. The number of hydrogen-bond donors (Lipinski definition) is 3. The Labute approximate surface area is 211 Å². The van der Waals surface area contributed by atoms with Gasteiger partial charge >= 0.3 is 6.03 Å². The molecular formula is C22H23N7O5S2. The first-order valence-electron chi connectivity index (χ1n) is 10.8. The van der Waals surface area contributed by atoms with Gasteiger partial charge in [-0.25, -0.2) is 13.2 Å². The minimum Gasteiger partial charge on any atom is -0.351 e. The number of imide groups is 1. The molecule has 1 aromatic carbocycles. The number of fused-ring (bicyclic) bond motifs is 1. The van der Waals surface area contributed by atoms with Crippen molar-refractivity contribution < 1.29 is 22.8 Å². The molecule has 0 bridgehead atoms. The Morgan fingerprint density at radius 1 is 1.14 bits per heavy atom. The highest BCUT2D eigenvalue weighted by Gasteiger charge is 2.29. The Balaban J connectivity index is 1.88. The Morgan fingerprint density at radius 2 is 1.78 bits per heavy atom. The number of primary amides is 1. The topological polar surface area (TPSA) is 189 Å². The van der Waals surface area contributed by atoms with Gasteiger partial charge in [0.15, 0.2) is 0 Å². The van der Waals surface area contributed by atoms with Gasteiger partial charge in [0.25, 0.3) is 11.8 Å². The number of anilines is 1. The summed E-state index contributed by atoms with van der Waals surface area (Å²) < 4.78 is 26.1. The van der Waals surface area contributed by atoms with Crippen LogP contribution in [0.3, 0.4) is 0 Å². The molecule has 4 N–H and O–H groups in total. The molecule has 14 heteroatoms. The Hall–Kier alpha value is -3.82. The molecule has 0 atom stereocenters. The van der Waals surface area contributed by atoms with Crippen molar-refractivity contribution in [1.82, 2.24) is 14.5 Å². The maximum atomic E-state index is 13.0. The first-order chi connectivity index (χ1) is 17.1. The highest BCUT2D eigenvalue weighted by atomic mass is 32.2. The fourth-order valence-electron chi connectivity index (χ4n) is 3.72. The number of nitrogens with zero attached hydrogens (tertiary/aromatic N) is 4. The van der Waals surface area contributed by atoms with E-state index in [1.165, 1.54) is 35.6 Å². The molecule has 36 heavy (non-hydrogen) atoms. The van der Waals surface area contributed by atoms with Gasteiger partial charge in [0.1, 0.15) is 18.1 Å². The number of amides is 4. The standard InChI is InChI=1S/C22H23N7O5S2/c1-2-28-10-7-16-17(13-28)35-21(18(16)20(31)27-22(25)32)26-19(30)14-3-5-15(6-4-14)36(33,34)29(11-8-23)12-9-24/h3-6H,2,7,10-13H2,1H3,(H,26,30)(H3,25,27,31,32). The van der Waals surface area contributed by atoms with E-state index in [-0.39, 0.29) is 21.0 Å². The number of urea groups is 1. The van der Waals surface area contributed by atoms with Gasteiger partial charge in [0.05, 0.1) is 22.6 Å². The lowest BCUT2D eigenvalue weighted by molar-refractivity contribution is 0.0965. The second kappa shape index (κ2) is 11.3. The fraction of sp³-hybridized carbons (Fsp3) is 0.318. The van der Waals surface area contributed by atoms with Crippen LogP contribution in [0, 0.1) is 22.7 Å². The van der Waals surface area contributed by atoms with Crippen molar-refractivity contribution >= 4 is 44.2 Å². The van der Waals surface area contributed by atoms with E-state index < -0.39 is 41.0 Å². The van der Waals surface area contributed by atoms with Gasteiger partial charge in [-0.2, -0.15) is 14.8 Å². The monoisotopic (exact) mass is 529 g/mol. The molecular weight excluding hydrogens is 506 g/mol. The molecule has 4 amide bonds. The van der Waals surface area contributed by atoms with E-state index in [1.54, 1.807) is 12.1 Å². The molecule has 12 nitrogen and oxygen atoms in total. The number of nitrogens with one attached hydrogen (secondary N) is 2. The number of nitrogens with two attached hydrogens (primary N) is 1. The number of sulfonamides is 1. The highest BCUT2D eigenvalue weighted by molar-refractivity contribution is 7.89. The van der Waals surface area contributed by atoms with Crippen molar-refractivity contribution in [3.8, 4) is 12.1 Å². The summed E-state index contributed by atoms with van der Waals surface area (Å²) in [5.41, 5.74) is 6.16. The molecule has 0 fully saturated rings. The van der Waals surface area contributed by atoms with Crippen molar-refractivity contribution in [2.75, 3.05) is 31.5 Å². The Kier molecular flexibility index (Phi) is 8.39. The molecule has 1 aliphatic heterocycles. The molecule has 3 rings (SSSR count). The normalized spacial score (nSPS) is 13.3. The summed E-state index contributed by atoms with van der Waals surface area (Å²) >= 11 is 1.23. The van der Waals surface area contributed by atoms with Crippen LogP contribution in [-0.2, 0) is 23.0 Å². The third kappa shape index (κ3) is 5.69. The minimum absolute atomic E-state index is 0.115. The molecule has 0 spiro atoms. The Bertz CT molecular complexity index is 1360. The number of benzene rings is 1. The number of thiophene rings is 1. The van der Waals surface area contributed by atoms with E-state index in [4.69, 9.17) is 16.3 Å². The molecule has 0 saturated carbocycles. The summed E-state index contributed by atoms with van der Waals surface area (Å²) in [5, 5.41) is 22.7. The predicted octanol–water partition coefficient (Wildman–Crippen LogP) is 1.22. The van der Waals surface area contributed by atoms with Gasteiger partial charge in [0, 0.05) is 23.5 Å². The number of hydrogen-bond acceptors (Lipinski definition) is 9. The van der Waals surface area contributed by atoms with Crippen molar-refractivity contribution in [2.45, 2.75) is 24.8 Å². The first-order valence-corrected chi connectivity index (χ1v) is 13.0. The summed E-state index contributed by atoms with van der Waals surface area (Å²) in [6.07, 6.45) is 0.561. The summed E-state index contributed by atoms with van der Waals surface area (Å²) in [5.74, 6) is -1.30. The highest BCUT2D eigenvalue weighted by Crippen LogP contribution is 2.37. The van der Waals surface area contributed by atoms with Crippen LogP contribution in [0.1, 0.15) is 38.1 Å². The van der Waals surface area contributed by atoms with Crippen LogP contribution in [0.2, 0.25) is 0 Å². The van der Waals surface area contributed by atoms with E-state index in [2.05, 4.69) is 15.5 Å². The zero-order valence-corrected chi connectivity index (χ0v) is 20.9. The molecule has 0 unspecified atom stereocenters. The van der Waals surface area contributed by atoms with E-state index in [1.807, 2.05) is 6.92 Å². The smallest absolute Gasteiger partial charge is 0.319 e. The summed E-state index contributed by atoms with van der Waals surface area (Å²) in [4.78, 5) is 39.8. The second-order valence-electron chi connectivity index (χ2n) is 7.71. The van der Waals surface area contributed by atoms with Crippen LogP contribution in [0.25, 0.3) is 0 Å². The zero-order valence-electron chi connectivity index (χ0n) is 19.3. The van der Waals surface area contributed by atoms with E-state index in [9.17, 15) is 22.8 Å². The van der Waals surface area contributed by atoms with E-state index >= 15 is 0 Å². The van der Waals surface area contributed by atoms with Gasteiger partial charge in [-0.05, 0) is 42.8 Å². The number of rotatable bonds is 8. The lowest BCUT2D eigenvalue weighted by Crippen LogP contribution is -2.36. The van der Waals surface area contributed by atoms with Gasteiger partial charge in [-0.15, -0.1) is 11.3 Å². The number of carbonyl (C=O) groups excluding carboxylic acids is 3. The largest absolute Gasteiger partial charge is 0.351 e. The van der Waals surface area contributed by atoms with Crippen LogP contribution < -0.4 is 16.4 Å². The number of likely N-dealkylation sites (N-methyl/N-ethyl adjacent to an activating group) is 1. The number of carbonyl (C=O) groups is 3. The van der Waals surface area contributed by atoms with Gasteiger partial charge in [0.2, 0.25) is 10.0 Å². The molecule has 188 valence electrons. The minimum atomic E-state index is -4.11. The van der Waals surface area contributed by atoms with Gasteiger partial charge < -0.3 is 11.1 Å². The molecule has 1 aromatic heterocycles. The fourth-order valence-corrected chi connectivity index (χ4v) is 6.23. The summed E-state index contributed by atoms with van der Waals surface area (Å²) in [7, 11) is -4.11. The average molecular weight is 530 g/mol. The predicted molar refractivity (Wildman–Crippen MR) is 130 cm³/mol. The molecule has 1 aliphatic rings. The van der Waals surface area contributed by atoms with Crippen molar-refractivity contribution in [1.29, 1.82) is 10.5 Å². The third-order valence-corrected chi connectivity index (χ3v) is 8.46. The van der Waals surface area contributed by atoms with Crippen LogP contribution >= 0.6 is 11.3 Å². The zero-order chi connectivity index (χ0) is 26.5. The van der Waals surface area contributed by atoms with Crippen molar-refractivity contribution in [3.63, 3.8) is 0 Å². The van der Waals surface area contributed by atoms with Crippen LogP contribution in [0.4, 0.5) is 9.80 Å². The SMILES string of the molecule is CCN1CCc2c(sc(NC(=O)c3ccc(S(=O)(=O)N(CC#N)CC#N)cc3)c2C(=O)NC(N)=O)C1. The van der Waals surface area contributed by atoms with Gasteiger partial charge in [-0.1, -0.05) is 6.92 Å². The molecule has 2 aromatic rings. The quantitative estimate of drug-likeness (QED) is 0.425. The summed E-state index contributed by atoms with van der Waals surface area (Å²) in [6.45, 7) is 3.16. The first kappa shape index (κ1) is 26.8. The average Bonchev–Trinajstić information content (AvgIpc) is 3.20.